The predicted molar refractivity (Wildman–Crippen MR) is 87.0 cm³/mol. The van der Waals surface area contributed by atoms with Crippen LogP contribution in [0.25, 0.3) is 10.8 Å². The van der Waals surface area contributed by atoms with Crippen molar-refractivity contribution in [2.24, 2.45) is 0 Å². The molecule has 0 amide bonds. The Labute approximate surface area is 134 Å². The van der Waals surface area contributed by atoms with E-state index >= 15 is 0 Å². The third-order valence-electron chi connectivity index (χ3n) is 2.82. The molecule has 1 heterocycles. The second-order valence-electron chi connectivity index (χ2n) is 4.13. The molecule has 3 rings (SSSR count). The second-order valence-corrected chi connectivity index (χ2v) is 5.78. The number of anilines is 2. The lowest BCUT2D eigenvalue weighted by Crippen LogP contribution is -1.98. The van der Waals surface area contributed by atoms with Gasteiger partial charge in [-0.1, -0.05) is 47.5 Å². The SMILES string of the molecule is Clc1ccc(Br)c(Nc2nnc(Cl)c3ccccc23)c1. The van der Waals surface area contributed by atoms with Crippen molar-refractivity contribution in [1.82, 2.24) is 10.2 Å². The van der Waals surface area contributed by atoms with Gasteiger partial charge in [-0.05, 0) is 34.1 Å². The third-order valence-corrected chi connectivity index (χ3v) is 4.03. The summed E-state index contributed by atoms with van der Waals surface area (Å²) in [5.74, 6) is 0.632. The number of halogens is 3. The Bertz CT molecular complexity index is 792. The normalized spacial score (nSPS) is 10.8. The first kappa shape index (κ1) is 13.6. The summed E-state index contributed by atoms with van der Waals surface area (Å²) in [5, 5.41) is 14.1. The van der Waals surface area contributed by atoms with Crippen molar-refractivity contribution >= 4 is 61.4 Å². The smallest absolute Gasteiger partial charge is 0.161 e. The number of rotatable bonds is 2. The van der Waals surface area contributed by atoms with Crippen LogP contribution in [0.5, 0.6) is 0 Å². The Morgan fingerprint density at radius 3 is 2.50 bits per heavy atom. The molecule has 0 bridgehead atoms. The Morgan fingerprint density at radius 1 is 0.950 bits per heavy atom. The highest BCUT2D eigenvalue weighted by Gasteiger charge is 2.09. The van der Waals surface area contributed by atoms with Crippen LogP contribution >= 0.6 is 39.1 Å². The summed E-state index contributed by atoms with van der Waals surface area (Å²) in [6.07, 6.45) is 0. The fraction of sp³-hybridized carbons (Fsp3) is 0. The molecule has 0 aliphatic carbocycles. The first-order chi connectivity index (χ1) is 9.65. The molecular weight excluding hydrogens is 361 g/mol. The van der Waals surface area contributed by atoms with Gasteiger partial charge in [0.25, 0.3) is 0 Å². The molecule has 0 aliphatic heterocycles. The molecule has 0 fully saturated rings. The summed E-state index contributed by atoms with van der Waals surface area (Å²) in [6.45, 7) is 0. The molecule has 0 spiro atoms. The van der Waals surface area contributed by atoms with Gasteiger partial charge in [-0.25, -0.2) is 0 Å². The lowest BCUT2D eigenvalue weighted by molar-refractivity contribution is 1.05. The molecule has 0 unspecified atom stereocenters. The number of nitrogens with one attached hydrogen (secondary N) is 1. The van der Waals surface area contributed by atoms with E-state index in [4.69, 9.17) is 23.2 Å². The fourth-order valence-corrected chi connectivity index (χ4v) is 2.60. The van der Waals surface area contributed by atoms with Gasteiger partial charge >= 0.3 is 0 Å². The van der Waals surface area contributed by atoms with Gasteiger partial charge in [0.1, 0.15) is 0 Å². The highest BCUT2D eigenvalue weighted by Crippen LogP contribution is 2.32. The van der Waals surface area contributed by atoms with E-state index in [2.05, 4.69) is 31.4 Å². The van der Waals surface area contributed by atoms with Gasteiger partial charge in [-0.15, -0.1) is 10.2 Å². The third kappa shape index (κ3) is 2.59. The molecule has 2 aromatic carbocycles. The van der Waals surface area contributed by atoms with E-state index in [1.807, 2.05) is 42.5 Å². The molecule has 6 heteroatoms. The number of hydrogen-bond acceptors (Lipinski definition) is 3. The van der Waals surface area contributed by atoms with Crippen LogP contribution in [0.2, 0.25) is 10.2 Å². The zero-order chi connectivity index (χ0) is 14.1. The molecule has 1 N–H and O–H groups in total. The van der Waals surface area contributed by atoms with Crippen molar-refractivity contribution in [2.45, 2.75) is 0 Å². The highest BCUT2D eigenvalue weighted by atomic mass is 79.9. The van der Waals surface area contributed by atoms with E-state index in [1.165, 1.54) is 0 Å². The molecule has 3 aromatic rings. The van der Waals surface area contributed by atoms with Crippen molar-refractivity contribution in [1.29, 1.82) is 0 Å². The molecule has 0 saturated carbocycles. The van der Waals surface area contributed by atoms with Gasteiger partial charge in [0.2, 0.25) is 0 Å². The molecule has 0 atom stereocenters. The van der Waals surface area contributed by atoms with Crippen LogP contribution < -0.4 is 5.32 Å². The van der Waals surface area contributed by atoms with Gasteiger partial charge in [0.05, 0.1) is 5.69 Å². The Kier molecular flexibility index (Phi) is 3.78. The summed E-state index contributed by atoms with van der Waals surface area (Å²) >= 11 is 15.5. The van der Waals surface area contributed by atoms with Crippen molar-refractivity contribution in [3.63, 3.8) is 0 Å². The minimum Gasteiger partial charge on any atom is -0.337 e. The summed E-state index contributed by atoms with van der Waals surface area (Å²) in [7, 11) is 0. The largest absolute Gasteiger partial charge is 0.337 e. The van der Waals surface area contributed by atoms with Crippen molar-refractivity contribution < 1.29 is 0 Å². The quantitative estimate of drug-likeness (QED) is 0.654. The van der Waals surface area contributed by atoms with Crippen LogP contribution in [0, 0.1) is 0 Å². The minimum absolute atomic E-state index is 0.385. The first-order valence-corrected chi connectivity index (χ1v) is 7.33. The number of nitrogens with zero attached hydrogens (tertiary/aromatic N) is 2. The average Bonchev–Trinajstić information content (AvgIpc) is 2.46. The van der Waals surface area contributed by atoms with Crippen LogP contribution in [0.3, 0.4) is 0 Å². The van der Waals surface area contributed by atoms with Gasteiger partial charge < -0.3 is 5.32 Å². The molecule has 0 saturated heterocycles. The maximum atomic E-state index is 6.06. The van der Waals surface area contributed by atoms with Crippen LogP contribution in [-0.4, -0.2) is 10.2 Å². The maximum absolute atomic E-state index is 6.06. The number of benzene rings is 2. The Balaban J connectivity index is 2.11. The Hall–Kier alpha value is -1.36. The van der Waals surface area contributed by atoms with E-state index in [0.717, 1.165) is 20.9 Å². The van der Waals surface area contributed by atoms with E-state index in [-0.39, 0.29) is 0 Å². The molecule has 1 aromatic heterocycles. The van der Waals surface area contributed by atoms with E-state index < -0.39 is 0 Å². The molecule has 0 radical (unpaired) electrons. The maximum Gasteiger partial charge on any atom is 0.161 e. The van der Waals surface area contributed by atoms with E-state index in [0.29, 0.717) is 16.0 Å². The average molecular weight is 369 g/mol. The first-order valence-electron chi connectivity index (χ1n) is 5.78. The van der Waals surface area contributed by atoms with Gasteiger partial charge in [-0.2, -0.15) is 0 Å². The summed E-state index contributed by atoms with van der Waals surface area (Å²) in [5.41, 5.74) is 0.819. The van der Waals surface area contributed by atoms with Gasteiger partial charge in [0.15, 0.2) is 11.0 Å². The zero-order valence-corrected chi connectivity index (χ0v) is 13.2. The molecule has 100 valence electrons. The zero-order valence-electron chi connectivity index (χ0n) is 10.1. The summed E-state index contributed by atoms with van der Waals surface area (Å²) in [6, 6.07) is 13.2. The number of fused-ring (bicyclic) bond motifs is 1. The number of hydrogen-bond donors (Lipinski definition) is 1. The van der Waals surface area contributed by atoms with Crippen LogP contribution in [0.15, 0.2) is 46.9 Å². The molecule has 0 aliphatic rings. The topological polar surface area (TPSA) is 37.8 Å². The van der Waals surface area contributed by atoms with Crippen LogP contribution in [-0.2, 0) is 0 Å². The Morgan fingerprint density at radius 2 is 1.70 bits per heavy atom. The minimum atomic E-state index is 0.385. The monoisotopic (exact) mass is 367 g/mol. The van der Waals surface area contributed by atoms with Crippen molar-refractivity contribution in [3.05, 3.63) is 57.1 Å². The fourth-order valence-electron chi connectivity index (χ4n) is 1.88. The van der Waals surface area contributed by atoms with Crippen LogP contribution in [0.1, 0.15) is 0 Å². The molecular formula is C14H8BrCl2N3. The van der Waals surface area contributed by atoms with Crippen LogP contribution in [0.4, 0.5) is 11.5 Å². The second kappa shape index (κ2) is 5.56. The summed E-state index contributed by atoms with van der Waals surface area (Å²) < 4.78 is 0.891. The standard InChI is InChI=1S/C14H8BrCl2N3/c15-11-6-5-8(16)7-12(11)18-14-10-4-2-1-3-9(10)13(17)19-20-14/h1-7H,(H,18,20). The van der Waals surface area contributed by atoms with E-state index in [9.17, 15) is 0 Å². The van der Waals surface area contributed by atoms with Gasteiger partial charge in [0, 0.05) is 20.3 Å². The van der Waals surface area contributed by atoms with Crippen molar-refractivity contribution in [3.8, 4) is 0 Å². The lowest BCUT2D eigenvalue weighted by atomic mass is 10.2. The van der Waals surface area contributed by atoms with E-state index in [1.54, 1.807) is 0 Å². The predicted octanol–water partition coefficient (Wildman–Crippen LogP) is 5.44. The lowest BCUT2D eigenvalue weighted by Gasteiger charge is -2.10. The molecule has 3 nitrogen and oxygen atoms in total. The molecule has 20 heavy (non-hydrogen) atoms. The van der Waals surface area contributed by atoms with Crippen molar-refractivity contribution in [2.75, 3.05) is 5.32 Å². The van der Waals surface area contributed by atoms with Gasteiger partial charge in [-0.3, -0.25) is 0 Å². The highest BCUT2D eigenvalue weighted by molar-refractivity contribution is 9.10. The summed E-state index contributed by atoms with van der Waals surface area (Å²) in [4.78, 5) is 0. The number of aromatic nitrogens is 2.